The molecular formula is C14H16ClFN2O3. The van der Waals surface area contributed by atoms with E-state index in [4.69, 9.17) is 11.6 Å². The smallest absolute Gasteiger partial charge is 0.319 e. The van der Waals surface area contributed by atoms with E-state index in [1.165, 1.54) is 12.1 Å². The van der Waals surface area contributed by atoms with Gasteiger partial charge in [0, 0.05) is 6.54 Å². The minimum absolute atomic E-state index is 0.0625. The molecule has 0 atom stereocenters. The molecule has 21 heavy (non-hydrogen) atoms. The van der Waals surface area contributed by atoms with Crippen molar-refractivity contribution in [2.75, 3.05) is 11.9 Å². The first-order valence-corrected chi connectivity index (χ1v) is 7.04. The first kappa shape index (κ1) is 15.6. The third-order valence-electron chi connectivity index (χ3n) is 3.78. The van der Waals surface area contributed by atoms with Crippen LogP contribution in [0.25, 0.3) is 0 Å². The zero-order chi connectivity index (χ0) is 15.5. The molecule has 0 heterocycles. The summed E-state index contributed by atoms with van der Waals surface area (Å²) in [5.41, 5.74) is -0.615. The highest BCUT2D eigenvalue weighted by Crippen LogP contribution is 2.37. The van der Waals surface area contributed by atoms with Crippen LogP contribution < -0.4 is 10.6 Å². The van der Waals surface area contributed by atoms with E-state index in [2.05, 4.69) is 10.6 Å². The standard InChI is InChI=1S/C14H16ClFN2O3/c15-10-7-9(16)3-4-11(10)18-13(21)17-8-14(12(19)20)5-1-2-6-14/h3-4,7H,1-2,5-6,8H2,(H,19,20)(H2,17,18,21). The van der Waals surface area contributed by atoms with E-state index in [1.807, 2.05) is 0 Å². The Morgan fingerprint density at radius 1 is 1.33 bits per heavy atom. The van der Waals surface area contributed by atoms with Crippen molar-refractivity contribution < 1.29 is 19.1 Å². The Labute approximate surface area is 126 Å². The van der Waals surface area contributed by atoms with E-state index >= 15 is 0 Å². The second-order valence-electron chi connectivity index (χ2n) is 5.22. The van der Waals surface area contributed by atoms with Crippen molar-refractivity contribution in [3.05, 3.63) is 29.0 Å². The lowest BCUT2D eigenvalue weighted by molar-refractivity contribution is -0.148. The number of hydrogen-bond donors (Lipinski definition) is 3. The van der Waals surface area contributed by atoms with E-state index in [0.717, 1.165) is 18.9 Å². The number of rotatable bonds is 4. The van der Waals surface area contributed by atoms with Crippen molar-refractivity contribution in [2.24, 2.45) is 5.41 Å². The number of benzene rings is 1. The van der Waals surface area contributed by atoms with Crippen LogP contribution in [0.15, 0.2) is 18.2 Å². The molecule has 0 aliphatic heterocycles. The summed E-state index contributed by atoms with van der Waals surface area (Å²) in [6, 6.07) is 3.06. The van der Waals surface area contributed by atoms with Crippen LogP contribution >= 0.6 is 11.6 Å². The number of carboxylic acid groups (broad SMARTS) is 1. The predicted molar refractivity (Wildman–Crippen MR) is 77.0 cm³/mol. The van der Waals surface area contributed by atoms with Crippen LogP contribution in [0, 0.1) is 11.2 Å². The lowest BCUT2D eigenvalue weighted by atomic mass is 9.86. The van der Waals surface area contributed by atoms with Crippen molar-refractivity contribution >= 4 is 29.3 Å². The van der Waals surface area contributed by atoms with Gasteiger partial charge in [-0.1, -0.05) is 24.4 Å². The Kier molecular flexibility index (Phi) is 4.67. The average molecular weight is 315 g/mol. The summed E-state index contributed by atoms with van der Waals surface area (Å²) in [4.78, 5) is 23.2. The number of halogens is 2. The van der Waals surface area contributed by atoms with Gasteiger partial charge in [0.05, 0.1) is 16.1 Å². The first-order valence-electron chi connectivity index (χ1n) is 6.66. The highest BCUT2D eigenvalue weighted by molar-refractivity contribution is 6.33. The van der Waals surface area contributed by atoms with Gasteiger partial charge in [0.2, 0.25) is 0 Å². The molecule has 0 aromatic heterocycles. The van der Waals surface area contributed by atoms with Crippen LogP contribution in [-0.2, 0) is 4.79 Å². The molecule has 0 bridgehead atoms. The molecule has 0 unspecified atom stereocenters. The molecule has 114 valence electrons. The fourth-order valence-electron chi connectivity index (χ4n) is 2.52. The first-order chi connectivity index (χ1) is 9.93. The highest BCUT2D eigenvalue weighted by atomic mass is 35.5. The normalized spacial score (nSPS) is 16.5. The average Bonchev–Trinajstić information content (AvgIpc) is 2.90. The minimum atomic E-state index is -0.889. The molecule has 3 N–H and O–H groups in total. The number of carbonyl (C=O) groups is 2. The molecule has 0 radical (unpaired) electrons. The Morgan fingerprint density at radius 2 is 2.00 bits per heavy atom. The molecule has 1 aromatic rings. The maximum absolute atomic E-state index is 12.9. The summed E-state index contributed by atoms with van der Waals surface area (Å²) in [6.45, 7) is 0.0625. The second-order valence-corrected chi connectivity index (χ2v) is 5.63. The number of anilines is 1. The number of nitrogens with one attached hydrogen (secondary N) is 2. The van der Waals surface area contributed by atoms with Crippen LogP contribution in [0.3, 0.4) is 0 Å². The molecule has 7 heteroatoms. The fraction of sp³-hybridized carbons (Fsp3) is 0.429. The summed E-state index contributed by atoms with van der Waals surface area (Å²) in [5, 5.41) is 14.4. The fourth-order valence-corrected chi connectivity index (χ4v) is 2.74. The number of urea groups is 1. The van der Waals surface area contributed by atoms with Crippen molar-refractivity contribution in [1.29, 1.82) is 0 Å². The Hall–Kier alpha value is -1.82. The summed E-state index contributed by atoms with van der Waals surface area (Å²) >= 11 is 5.80. The van der Waals surface area contributed by atoms with Crippen molar-refractivity contribution in [3.8, 4) is 0 Å². The van der Waals surface area contributed by atoms with Gasteiger partial charge in [0.15, 0.2) is 0 Å². The van der Waals surface area contributed by atoms with Gasteiger partial charge >= 0.3 is 12.0 Å². The van der Waals surface area contributed by atoms with Crippen LogP contribution in [0.1, 0.15) is 25.7 Å². The molecule has 0 spiro atoms. The lowest BCUT2D eigenvalue weighted by Crippen LogP contribution is -2.42. The highest BCUT2D eigenvalue weighted by Gasteiger charge is 2.41. The number of amides is 2. The third-order valence-corrected chi connectivity index (χ3v) is 4.09. The lowest BCUT2D eigenvalue weighted by Gasteiger charge is -2.24. The van der Waals surface area contributed by atoms with E-state index in [9.17, 15) is 19.1 Å². The molecule has 5 nitrogen and oxygen atoms in total. The number of aliphatic carboxylic acids is 1. The van der Waals surface area contributed by atoms with E-state index in [0.29, 0.717) is 12.8 Å². The van der Waals surface area contributed by atoms with Gasteiger partial charge in [-0.05, 0) is 31.0 Å². The van der Waals surface area contributed by atoms with Gasteiger partial charge in [0.25, 0.3) is 0 Å². The summed E-state index contributed by atoms with van der Waals surface area (Å²) in [6.07, 6.45) is 2.80. The zero-order valence-corrected chi connectivity index (χ0v) is 12.0. The summed E-state index contributed by atoms with van der Waals surface area (Å²) < 4.78 is 12.9. The maximum Gasteiger partial charge on any atom is 0.319 e. The molecule has 1 aliphatic rings. The Balaban J connectivity index is 1.94. The molecular weight excluding hydrogens is 299 g/mol. The number of hydrogen-bond acceptors (Lipinski definition) is 2. The predicted octanol–water partition coefficient (Wildman–Crippen LogP) is 3.25. The topological polar surface area (TPSA) is 78.4 Å². The van der Waals surface area contributed by atoms with Gasteiger partial charge in [-0.3, -0.25) is 4.79 Å². The summed E-state index contributed by atoms with van der Waals surface area (Å²) in [5.74, 6) is -1.39. The van der Waals surface area contributed by atoms with Crippen molar-refractivity contribution in [2.45, 2.75) is 25.7 Å². The second kappa shape index (κ2) is 6.30. The molecule has 2 amide bonds. The van der Waals surface area contributed by atoms with Gasteiger partial charge in [-0.2, -0.15) is 0 Å². The molecule has 1 saturated carbocycles. The molecule has 1 fully saturated rings. The number of carbonyl (C=O) groups excluding carboxylic acids is 1. The quantitative estimate of drug-likeness (QED) is 0.798. The van der Waals surface area contributed by atoms with Crippen LogP contribution in [0.4, 0.5) is 14.9 Å². The monoisotopic (exact) mass is 314 g/mol. The van der Waals surface area contributed by atoms with Crippen LogP contribution in [-0.4, -0.2) is 23.7 Å². The Bertz CT molecular complexity index is 559. The largest absolute Gasteiger partial charge is 0.481 e. The van der Waals surface area contributed by atoms with Gasteiger partial charge in [-0.15, -0.1) is 0 Å². The van der Waals surface area contributed by atoms with E-state index in [1.54, 1.807) is 0 Å². The van der Waals surface area contributed by atoms with Crippen LogP contribution in [0.2, 0.25) is 5.02 Å². The minimum Gasteiger partial charge on any atom is -0.481 e. The van der Waals surface area contributed by atoms with Gasteiger partial charge in [0.1, 0.15) is 5.82 Å². The van der Waals surface area contributed by atoms with Crippen LogP contribution in [0.5, 0.6) is 0 Å². The molecule has 1 aromatic carbocycles. The SMILES string of the molecule is O=C(NCC1(C(=O)O)CCCC1)Nc1ccc(F)cc1Cl. The molecule has 2 rings (SSSR count). The molecule has 1 aliphatic carbocycles. The van der Waals surface area contributed by atoms with Crippen molar-refractivity contribution in [3.63, 3.8) is 0 Å². The summed E-state index contributed by atoms with van der Waals surface area (Å²) in [7, 11) is 0. The van der Waals surface area contributed by atoms with Gasteiger partial charge in [-0.25, -0.2) is 9.18 Å². The van der Waals surface area contributed by atoms with Gasteiger partial charge < -0.3 is 15.7 Å². The Morgan fingerprint density at radius 3 is 2.57 bits per heavy atom. The molecule has 0 saturated heterocycles. The van der Waals surface area contributed by atoms with E-state index < -0.39 is 23.2 Å². The maximum atomic E-state index is 12.9. The van der Waals surface area contributed by atoms with Crippen molar-refractivity contribution in [1.82, 2.24) is 5.32 Å². The number of carboxylic acids is 1. The van der Waals surface area contributed by atoms with E-state index in [-0.39, 0.29) is 17.3 Å². The third kappa shape index (κ3) is 3.64. The zero-order valence-electron chi connectivity index (χ0n) is 11.3.